The first-order valence-electron chi connectivity index (χ1n) is 9.55. The van der Waals surface area contributed by atoms with Crippen molar-refractivity contribution in [3.63, 3.8) is 0 Å². The number of pyridine rings is 1. The van der Waals surface area contributed by atoms with Gasteiger partial charge in [-0.2, -0.15) is 0 Å². The molecule has 7 heteroatoms. The molecule has 152 valence electrons. The lowest BCUT2D eigenvalue weighted by atomic mass is 10.2. The number of aryl methyl sites for hydroxylation is 1. The van der Waals surface area contributed by atoms with Crippen LogP contribution in [-0.2, 0) is 11.3 Å². The van der Waals surface area contributed by atoms with E-state index in [1.165, 1.54) is 23.0 Å². The molecule has 0 spiro atoms. The largest absolute Gasteiger partial charge is 0.282 e. The molecule has 0 radical (unpaired) electrons. The van der Waals surface area contributed by atoms with Crippen LogP contribution in [0.1, 0.15) is 17.7 Å². The summed E-state index contributed by atoms with van der Waals surface area (Å²) in [6, 6.07) is 18.7. The number of fused-ring (bicyclic) bond motifs is 1. The van der Waals surface area contributed by atoms with Crippen LogP contribution < -0.4 is 4.90 Å². The molecule has 4 nitrogen and oxygen atoms in total. The fourth-order valence-electron chi connectivity index (χ4n) is 2.96. The topological polar surface area (TPSA) is 46.1 Å². The molecule has 2 aromatic heterocycles. The van der Waals surface area contributed by atoms with Crippen LogP contribution in [0.2, 0.25) is 0 Å². The predicted molar refractivity (Wildman–Crippen MR) is 122 cm³/mol. The summed E-state index contributed by atoms with van der Waals surface area (Å²) >= 11 is 2.96. The van der Waals surface area contributed by atoms with Crippen LogP contribution in [0.5, 0.6) is 0 Å². The van der Waals surface area contributed by atoms with Crippen molar-refractivity contribution in [1.82, 2.24) is 9.97 Å². The highest BCUT2D eigenvalue weighted by Gasteiger charge is 2.21. The molecule has 2 aromatic carbocycles. The van der Waals surface area contributed by atoms with Gasteiger partial charge in [-0.25, -0.2) is 9.37 Å². The van der Waals surface area contributed by atoms with Crippen LogP contribution in [0.3, 0.4) is 0 Å². The number of amides is 1. The van der Waals surface area contributed by atoms with Crippen molar-refractivity contribution in [2.45, 2.75) is 24.8 Å². The van der Waals surface area contributed by atoms with Crippen molar-refractivity contribution >= 4 is 44.4 Å². The Kier molecular flexibility index (Phi) is 6.40. The zero-order chi connectivity index (χ0) is 20.9. The van der Waals surface area contributed by atoms with E-state index in [2.05, 4.69) is 34.2 Å². The molecule has 4 aromatic rings. The van der Waals surface area contributed by atoms with Crippen molar-refractivity contribution in [3.8, 4) is 0 Å². The Morgan fingerprint density at radius 1 is 1.10 bits per heavy atom. The van der Waals surface area contributed by atoms with Gasteiger partial charge in [0.15, 0.2) is 5.13 Å². The van der Waals surface area contributed by atoms with Crippen molar-refractivity contribution in [2.75, 3.05) is 10.7 Å². The Labute approximate surface area is 182 Å². The fourth-order valence-corrected chi connectivity index (χ4v) is 4.80. The number of para-hydroxylation sites is 1. The van der Waals surface area contributed by atoms with Gasteiger partial charge >= 0.3 is 0 Å². The monoisotopic (exact) mass is 437 g/mol. The summed E-state index contributed by atoms with van der Waals surface area (Å²) in [6.07, 6.45) is 2.05. The van der Waals surface area contributed by atoms with Gasteiger partial charge in [0.05, 0.1) is 16.9 Å². The van der Waals surface area contributed by atoms with E-state index in [0.29, 0.717) is 29.4 Å². The van der Waals surface area contributed by atoms with Crippen molar-refractivity contribution in [1.29, 1.82) is 0 Å². The molecule has 30 heavy (non-hydrogen) atoms. The molecule has 0 fully saturated rings. The second-order valence-electron chi connectivity index (χ2n) is 6.80. The summed E-state index contributed by atoms with van der Waals surface area (Å²) in [5.74, 6) is 0.217. The Morgan fingerprint density at radius 2 is 1.93 bits per heavy atom. The van der Waals surface area contributed by atoms with Crippen molar-refractivity contribution < 1.29 is 9.18 Å². The number of thiazole rings is 1. The van der Waals surface area contributed by atoms with E-state index in [4.69, 9.17) is 0 Å². The average molecular weight is 438 g/mol. The molecule has 0 N–H and O–H groups in total. The van der Waals surface area contributed by atoms with E-state index in [0.717, 1.165) is 15.3 Å². The first kappa shape index (κ1) is 20.5. The lowest BCUT2D eigenvalue weighted by molar-refractivity contribution is -0.118. The number of carbonyl (C=O) groups excluding carboxylic acids is 1. The lowest BCUT2D eigenvalue weighted by Gasteiger charge is -2.19. The Morgan fingerprint density at radius 3 is 2.67 bits per heavy atom. The van der Waals surface area contributed by atoms with Crippen LogP contribution >= 0.6 is 23.1 Å². The number of aromatic nitrogens is 2. The molecule has 0 bridgehead atoms. The Hall–Kier alpha value is -2.77. The number of halogens is 1. The number of nitrogens with zero attached hydrogens (tertiary/aromatic N) is 3. The van der Waals surface area contributed by atoms with Gasteiger partial charge in [-0.3, -0.25) is 14.7 Å². The number of thioether (sulfide) groups is 1. The maximum absolute atomic E-state index is 14.1. The Balaban J connectivity index is 1.53. The van der Waals surface area contributed by atoms with Crippen LogP contribution in [0.4, 0.5) is 9.52 Å². The second kappa shape index (κ2) is 9.36. The summed E-state index contributed by atoms with van der Waals surface area (Å²) in [5, 5.41) is 0.492. The van der Waals surface area contributed by atoms with E-state index in [9.17, 15) is 9.18 Å². The first-order valence-corrected chi connectivity index (χ1v) is 11.3. The summed E-state index contributed by atoms with van der Waals surface area (Å²) in [4.78, 5) is 24.6. The van der Waals surface area contributed by atoms with Gasteiger partial charge in [-0.15, -0.1) is 11.8 Å². The third-order valence-corrected chi connectivity index (χ3v) is 6.60. The molecule has 0 unspecified atom stereocenters. The minimum absolute atomic E-state index is 0.0558. The number of hydrogen-bond acceptors (Lipinski definition) is 5. The second-order valence-corrected chi connectivity index (χ2v) is 8.97. The van der Waals surface area contributed by atoms with Gasteiger partial charge in [0.1, 0.15) is 11.3 Å². The number of benzene rings is 2. The highest BCUT2D eigenvalue weighted by atomic mass is 32.2. The quantitative estimate of drug-likeness (QED) is 0.340. The summed E-state index contributed by atoms with van der Waals surface area (Å²) in [5.41, 5.74) is 2.27. The summed E-state index contributed by atoms with van der Waals surface area (Å²) in [7, 11) is 0. The molecule has 0 aliphatic rings. The lowest BCUT2D eigenvalue weighted by Crippen LogP contribution is -2.30. The summed E-state index contributed by atoms with van der Waals surface area (Å²) in [6.45, 7) is 2.35. The highest BCUT2D eigenvalue weighted by Crippen LogP contribution is 2.31. The molecular formula is C23H20FN3OS2. The fraction of sp³-hybridized carbons (Fsp3) is 0.174. The average Bonchev–Trinajstić information content (AvgIpc) is 3.19. The minimum Gasteiger partial charge on any atom is -0.282 e. The predicted octanol–water partition coefficient (Wildman–Crippen LogP) is 5.85. The maximum atomic E-state index is 14.1. The first-order chi connectivity index (χ1) is 14.6. The normalized spacial score (nSPS) is 11.0. The molecule has 0 saturated carbocycles. The third kappa shape index (κ3) is 4.86. The van der Waals surface area contributed by atoms with Gasteiger partial charge in [0.25, 0.3) is 0 Å². The molecule has 2 heterocycles. The zero-order valence-corrected chi connectivity index (χ0v) is 18.0. The number of rotatable bonds is 7. The standard InChI is InChI=1S/C23H20FN3OS2/c1-16-8-10-18(11-9-16)29-14-12-21(28)27(15-17-5-2-3-13-25-17)23-26-22-19(24)6-4-7-20(22)30-23/h2-11,13H,12,14-15H2,1H3. The van der Waals surface area contributed by atoms with Gasteiger partial charge < -0.3 is 0 Å². The molecule has 4 rings (SSSR count). The van der Waals surface area contributed by atoms with Crippen molar-refractivity contribution in [2.24, 2.45) is 0 Å². The summed E-state index contributed by atoms with van der Waals surface area (Å²) < 4.78 is 14.9. The zero-order valence-electron chi connectivity index (χ0n) is 16.4. The molecular weight excluding hydrogens is 417 g/mol. The molecule has 1 amide bonds. The van der Waals surface area contributed by atoms with Crippen LogP contribution in [0, 0.1) is 12.7 Å². The van der Waals surface area contributed by atoms with E-state index in [-0.39, 0.29) is 11.7 Å². The molecule has 0 aliphatic carbocycles. The van der Waals surface area contributed by atoms with Gasteiger partial charge in [0.2, 0.25) is 5.91 Å². The molecule has 0 atom stereocenters. The molecule has 0 saturated heterocycles. The van der Waals surface area contributed by atoms with Crippen LogP contribution in [0.15, 0.2) is 71.8 Å². The van der Waals surface area contributed by atoms with Crippen LogP contribution in [0.25, 0.3) is 10.2 Å². The number of anilines is 1. The van der Waals surface area contributed by atoms with Gasteiger partial charge in [0, 0.05) is 23.3 Å². The number of carbonyl (C=O) groups is 1. The third-order valence-electron chi connectivity index (χ3n) is 4.54. The highest BCUT2D eigenvalue weighted by molar-refractivity contribution is 7.99. The van der Waals surface area contributed by atoms with Gasteiger partial charge in [-0.05, 0) is 43.3 Å². The SMILES string of the molecule is Cc1ccc(SCCC(=O)N(Cc2ccccn2)c2nc3c(F)cccc3s2)cc1. The van der Waals surface area contributed by atoms with E-state index in [1.54, 1.807) is 28.9 Å². The minimum atomic E-state index is -0.379. The maximum Gasteiger partial charge on any atom is 0.229 e. The molecule has 0 aliphatic heterocycles. The smallest absolute Gasteiger partial charge is 0.229 e. The van der Waals surface area contributed by atoms with Crippen molar-refractivity contribution in [3.05, 3.63) is 83.9 Å². The number of hydrogen-bond donors (Lipinski definition) is 0. The van der Waals surface area contributed by atoms with E-state index < -0.39 is 0 Å². The van der Waals surface area contributed by atoms with E-state index in [1.807, 2.05) is 31.2 Å². The van der Waals surface area contributed by atoms with Crippen LogP contribution in [-0.4, -0.2) is 21.6 Å². The Bertz CT molecular complexity index is 1150. The van der Waals surface area contributed by atoms with E-state index >= 15 is 0 Å². The van der Waals surface area contributed by atoms with Gasteiger partial charge in [-0.1, -0.05) is 41.2 Å².